The number of carbonyl (C=O) groups excluding carboxylic acids is 1. The Labute approximate surface area is 135 Å². The van der Waals surface area contributed by atoms with Gasteiger partial charge < -0.3 is 15.5 Å². The van der Waals surface area contributed by atoms with Crippen LogP contribution >= 0.6 is 23.2 Å². The van der Waals surface area contributed by atoms with Gasteiger partial charge in [0.05, 0.1) is 10.7 Å². The summed E-state index contributed by atoms with van der Waals surface area (Å²) in [5.74, 6) is 0.748. The van der Waals surface area contributed by atoms with Crippen LogP contribution < -0.4 is 10.6 Å². The molecule has 1 aromatic rings. The van der Waals surface area contributed by atoms with Crippen LogP contribution in [-0.4, -0.2) is 37.1 Å². The summed E-state index contributed by atoms with van der Waals surface area (Å²) < 4.78 is 0. The molecule has 0 aliphatic carbocycles. The summed E-state index contributed by atoms with van der Waals surface area (Å²) in [4.78, 5) is 14.2. The minimum atomic E-state index is -0.260. The lowest BCUT2D eigenvalue weighted by Gasteiger charge is -2.30. The Morgan fingerprint density at radius 2 is 2.24 bits per heavy atom. The Morgan fingerprint density at radius 3 is 3.00 bits per heavy atom. The third kappa shape index (κ3) is 5.38. The van der Waals surface area contributed by atoms with E-state index < -0.39 is 0 Å². The maximum atomic E-state index is 11.8. The van der Waals surface area contributed by atoms with Gasteiger partial charge in [-0.15, -0.1) is 0 Å². The highest BCUT2D eigenvalue weighted by atomic mass is 35.5. The Morgan fingerprint density at radius 1 is 1.43 bits per heavy atom. The van der Waals surface area contributed by atoms with E-state index in [0.29, 0.717) is 22.3 Å². The number of urea groups is 1. The molecule has 1 aliphatic heterocycles. The molecule has 0 bridgehead atoms. The van der Waals surface area contributed by atoms with Crippen LogP contribution in [-0.2, 0) is 0 Å². The number of anilines is 1. The zero-order valence-corrected chi connectivity index (χ0v) is 13.7. The van der Waals surface area contributed by atoms with Gasteiger partial charge in [0.1, 0.15) is 0 Å². The summed E-state index contributed by atoms with van der Waals surface area (Å²) in [6.45, 7) is 6.00. The van der Waals surface area contributed by atoms with E-state index in [4.69, 9.17) is 23.2 Å². The molecule has 0 aromatic heterocycles. The fourth-order valence-corrected chi connectivity index (χ4v) is 2.91. The number of hydrogen-bond acceptors (Lipinski definition) is 2. The molecule has 1 atom stereocenters. The molecular weight excluding hydrogens is 309 g/mol. The number of carbonyl (C=O) groups is 1. The molecule has 1 unspecified atom stereocenters. The van der Waals surface area contributed by atoms with Gasteiger partial charge in [-0.2, -0.15) is 0 Å². The summed E-state index contributed by atoms with van der Waals surface area (Å²) in [5.41, 5.74) is 0.522. The maximum Gasteiger partial charge on any atom is 0.319 e. The Kier molecular flexibility index (Phi) is 6.15. The number of nitrogens with zero attached hydrogens (tertiary/aromatic N) is 1. The molecule has 1 aromatic carbocycles. The highest BCUT2D eigenvalue weighted by Crippen LogP contribution is 2.25. The molecule has 2 amide bonds. The number of hydrogen-bond donors (Lipinski definition) is 2. The van der Waals surface area contributed by atoms with Gasteiger partial charge in [-0.25, -0.2) is 4.79 Å². The molecular formula is C15H21Cl2N3O. The van der Waals surface area contributed by atoms with Crippen LogP contribution in [0.1, 0.15) is 19.8 Å². The SMILES string of the molecule is CC1CCCN(CCNC(=O)Nc2cc(Cl)ccc2Cl)C1. The van der Waals surface area contributed by atoms with E-state index in [-0.39, 0.29) is 6.03 Å². The van der Waals surface area contributed by atoms with Crippen LogP contribution in [0, 0.1) is 5.92 Å². The van der Waals surface area contributed by atoms with E-state index in [1.54, 1.807) is 18.2 Å². The van der Waals surface area contributed by atoms with Gasteiger partial charge in [0.15, 0.2) is 0 Å². The predicted molar refractivity (Wildman–Crippen MR) is 88.3 cm³/mol. The van der Waals surface area contributed by atoms with Crippen molar-refractivity contribution >= 4 is 34.9 Å². The van der Waals surface area contributed by atoms with Crippen molar-refractivity contribution in [3.05, 3.63) is 28.2 Å². The van der Waals surface area contributed by atoms with E-state index in [1.165, 1.54) is 12.8 Å². The van der Waals surface area contributed by atoms with Crippen molar-refractivity contribution in [2.75, 3.05) is 31.5 Å². The quantitative estimate of drug-likeness (QED) is 0.881. The van der Waals surface area contributed by atoms with E-state index >= 15 is 0 Å². The van der Waals surface area contributed by atoms with Crippen molar-refractivity contribution < 1.29 is 4.79 Å². The van der Waals surface area contributed by atoms with Gasteiger partial charge in [0.2, 0.25) is 0 Å². The monoisotopic (exact) mass is 329 g/mol. The van der Waals surface area contributed by atoms with Crippen molar-refractivity contribution in [1.29, 1.82) is 0 Å². The first-order valence-corrected chi connectivity index (χ1v) is 8.02. The zero-order valence-electron chi connectivity index (χ0n) is 12.2. The highest BCUT2D eigenvalue weighted by Gasteiger charge is 2.15. The summed E-state index contributed by atoms with van der Waals surface area (Å²) in [5, 5.41) is 6.57. The van der Waals surface area contributed by atoms with Crippen LogP contribution in [0.2, 0.25) is 10.0 Å². The Bertz CT molecular complexity index is 496. The fourth-order valence-electron chi connectivity index (χ4n) is 2.58. The van der Waals surface area contributed by atoms with Gasteiger partial charge in [0.25, 0.3) is 0 Å². The topological polar surface area (TPSA) is 44.4 Å². The van der Waals surface area contributed by atoms with Crippen LogP contribution in [0.25, 0.3) is 0 Å². The normalized spacial score (nSPS) is 19.3. The van der Waals surface area contributed by atoms with Crippen molar-refractivity contribution in [1.82, 2.24) is 10.2 Å². The Balaban J connectivity index is 1.73. The second kappa shape index (κ2) is 7.87. The third-order valence-corrected chi connectivity index (χ3v) is 4.20. The fraction of sp³-hybridized carbons (Fsp3) is 0.533. The molecule has 1 saturated heterocycles. The van der Waals surface area contributed by atoms with Gasteiger partial charge in [-0.3, -0.25) is 0 Å². The molecule has 2 rings (SSSR count). The molecule has 6 heteroatoms. The molecule has 21 heavy (non-hydrogen) atoms. The van der Waals surface area contributed by atoms with E-state index in [1.807, 2.05) is 0 Å². The maximum absolute atomic E-state index is 11.8. The largest absolute Gasteiger partial charge is 0.337 e. The second-order valence-corrected chi connectivity index (χ2v) is 6.40. The van der Waals surface area contributed by atoms with Crippen LogP contribution in [0.15, 0.2) is 18.2 Å². The smallest absolute Gasteiger partial charge is 0.319 e. The van der Waals surface area contributed by atoms with Gasteiger partial charge >= 0.3 is 6.03 Å². The summed E-state index contributed by atoms with van der Waals surface area (Å²) in [6.07, 6.45) is 2.54. The predicted octanol–water partition coefficient (Wildman–Crippen LogP) is 3.85. The molecule has 116 valence electrons. The van der Waals surface area contributed by atoms with Crippen molar-refractivity contribution in [3.8, 4) is 0 Å². The standard InChI is InChI=1S/C15H21Cl2N3O/c1-11-3-2-7-20(10-11)8-6-18-15(21)19-14-9-12(16)4-5-13(14)17/h4-5,9,11H,2-3,6-8,10H2,1H3,(H2,18,19,21). The number of piperidine rings is 1. The number of nitrogens with one attached hydrogen (secondary N) is 2. The average Bonchev–Trinajstić information content (AvgIpc) is 2.43. The number of benzene rings is 1. The number of amides is 2. The molecule has 1 fully saturated rings. The van der Waals surface area contributed by atoms with Crippen molar-refractivity contribution in [3.63, 3.8) is 0 Å². The second-order valence-electron chi connectivity index (χ2n) is 5.55. The van der Waals surface area contributed by atoms with E-state index in [9.17, 15) is 4.79 Å². The minimum Gasteiger partial charge on any atom is -0.337 e. The molecule has 0 spiro atoms. The average molecular weight is 330 g/mol. The van der Waals surface area contributed by atoms with Crippen LogP contribution in [0.5, 0.6) is 0 Å². The number of rotatable bonds is 4. The summed E-state index contributed by atoms with van der Waals surface area (Å²) in [6, 6.07) is 4.72. The van der Waals surface area contributed by atoms with Gasteiger partial charge in [-0.05, 0) is 43.5 Å². The third-order valence-electron chi connectivity index (χ3n) is 3.63. The molecule has 0 saturated carbocycles. The molecule has 4 nitrogen and oxygen atoms in total. The lowest BCUT2D eigenvalue weighted by Crippen LogP contribution is -2.41. The van der Waals surface area contributed by atoms with Crippen LogP contribution in [0.4, 0.5) is 10.5 Å². The number of halogens is 2. The van der Waals surface area contributed by atoms with Crippen molar-refractivity contribution in [2.24, 2.45) is 5.92 Å². The number of likely N-dealkylation sites (tertiary alicyclic amines) is 1. The van der Waals surface area contributed by atoms with E-state index in [0.717, 1.165) is 25.6 Å². The van der Waals surface area contributed by atoms with Gasteiger partial charge in [-0.1, -0.05) is 30.1 Å². The molecule has 2 N–H and O–H groups in total. The zero-order chi connectivity index (χ0) is 15.2. The highest BCUT2D eigenvalue weighted by molar-refractivity contribution is 6.35. The summed E-state index contributed by atoms with van der Waals surface area (Å²) in [7, 11) is 0. The molecule has 0 radical (unpaired) electrons. The molecule has 1 aliphatic rings. The minimum absolute atomic E-state index is 0.260. The van der Waals surface area contributed by atoms with Crippen LogP contribution in [0.3, 0.4) is 0 Å². The first-order valence-electron chi connectivity index (χ1n) is 7.27. The van der Waals surface area contributed by atoms with Gasteiger partial charge in [0, 0.05) is 24.7 Å². The first kappa shape index (κ1) is 16.4. The first-order chi connectivity index (χ1) is 10.0. The lowest BCUT2D eigenvalue weighted by molar-refractivity contribution is 0.184. The Hall–Kier alpha value is -0.970. The van der Waals surface area contributed by atoms with Crippen molar-refractivity contribution in [2.45, 2.75) is 19.8 Å². The van der Waals surface area contributed by atoms with E-state index in [2.05, 4.69) is 22.5 Å². The lowest BCUT2D eigenvalue weighted by atomic mass is 10.0. The summed E-state index contributed by atoms with van der Waals surface area (Å²) >= 11 is 11.9. The molecule has 1 heterocycles.